The van der Waals surface area contributed by atoms with Crippen LogP contribution in [0, 0.1) is 5.41 Å². The van der Waals surface area contributed by atoms with Gasteiger partial charge in [-0.25, -0.2) is 14.4 Å². The number of carbonyl (C=O) groups excluding carboxylic acids is 3. The fourth-order valence-electron chi connectivity index (χ4n) is 5.18. The van der Waals surface area contributed by atoms with Crippen molar-refractivity contribution in [3.63, 3.8) is 0 Å². The molecule has 0 bridgehead atoms. The highest BCUT2D eigenvalue weighted by atomic mass is 35.5. The van der Waals surface area contributed by atoms with E-state index in [0.717, 1.165) is 25.7 Å². The SMILES string of the molecule is CC(C)(C)C(NC(=O)OC1CCCC1)C(=O)N1C[C@@]2(C[C@H]1C(=O)O)CN(c1cccc(Cl)c1)C(=O)O2. The molecule has 11 heteroatoms. The minimum atomic E-state index is -1.22. The van der Waals surface area contributed by atoms with Crippen LogP contribution in [0.5, 0.6) is 0 Å². The fraction of sp³-hybridized carbons (Fsp3) is 0.600. The van der Waals surface area contributed by atoms with Gasteiger partial charge in [0, 0.05) is 17.1 Å². The van der Waals surface area contributed by atoms with Crippen molar-refractivity contribution in [3.05, 3.63) is 29.3 Å². The zero-order valence-electron chi connectivity index (χ0n) is 20.7. The Bertz CT molecular complexity index is 1050. The van der Waals surface area contributed by atoms with Crippen LogP contribution in [0.4, 0.5) is 15.3 Å². The highest BCUT2D eigenvalue weighted by molar-refractivity contribution is 6.30. The number of hydrogen-bond acceptors (Lipinski definition) is 6. The number of carboxylic acid groups (broad SMARTS) is 1. The molecular weight excluding hydrogens is 490 g/mol. The molecule has 1 aliphatic carbocycles. The van der Waals surface area contributed by atoms with Gasteiger partial charge >= 0.3 is 18.2 Å². The predicted molar refractivity (Wildman–Crippen MR) is 131 cm³/mol. The number of carboxylic acids is 1. The van der Waals surface area contributed by atoms with E-state index in [4.69, 9.17) is 21.1 Å². The second kappa shape index (κ2) is 9.80. The van der Waals surface area contributed by atoms with Gasteiger partial charge in [0.05, 0.1) is 13.1 Å². The molecule has 2 heterocycles. The molecule has 1 spiro atoms. The number of likely N-dealkylation sites (tertiary alicyclic amines) is 1. The van der Waals surface area contributed by atoms with Crippen molar-refractivity contribution in [2.45, 2.75) is 76.7 Å². The Morgan fingerprint density at radius 2 is 1.92 bits per heavy atom. The Kier molecular flexibility index (Phi) is 7.10. The van der Waals surface area contributed by atoms with Gasteiger partial charge in [0.2, 0.25) is 5.91 Å². The molecule has 3 aliphatic rings. The average Bonchev–Trinajstić information content (AvgIpc) is 3.50. The number of nitrogens with one attached hydrogen (secondary N) is 1. The Labute approximate surface area is 214 Å². The van der Waals surface area contributed by atoms with E-state index in [2.05, 4.69) is 5.32 Å². The first-order valence-corrected chi connectivity index (χ1v) is 12.5. The van der Waals surface area contributed by atoms with Crippen LogP contribution in [-0.2, 0) is 19.1 Å². The van der Waals surface area contributed by atoms with Crippen LogP contribution in [-0.4, -0.2) is 70.9 Å². The van der Waals surface area contributed by atoms with Crippen molar-refractivity contribution in [2.75, 3.05) is 18.0 Å². The second-order valence-corrected chi connectivity index (χ2v) is 11.3. The van der Waals surface area contributed by atoms with Crippen LogP contribution in [0.25, 0.3) is 0 Å². The number of alkyl carbamates (subject to hydrolysis) is 1. The van der Waals surface area contributed by atoms with E-state index in [9.17, 15) is 24.3 Å². The van der Waals surface area contributed by atoms with Crippen molar-refractivity contribution >= 4 is 41.4 Å². The van der Waals surface area contributed by atoms with E-state index in [1.165, 1.54) is 9.80 Å². The van der Waals surface area contributed by atoms with Gasteiger partial charge in [0.1, 0.15) is 18.2 Å². The maximum atomic E-state index is 13.7. The van der Waals surface area contributed by atoms with Crippen LogP contribution in [0.2, 0.25) is 5.02 Å². The maximum Gasteiger partial charge on any atom is 0.415 e. The molecule has 3 fully saturated rings. The third-order valence-electron chi connectivity index (χ3n) is 7.01. The molecule has 0 radical (unpaired) electrons. The number of halogens is 1. The first kappa shape index (κ1) is 26.1. The molecule has 0 aromatic heterocycles. The van der Waals surface area contributed by atoms with E-state index in [-0.39, 0.29) is 25.6 Å². The monoisotopic (exact) mass is 521 g/mol. The van der Waals surface area contributed by atoms with Gasteiger partial charge in [-0.2, -0.15) is 0 Å². The number of rotatable bonds is 5. The van der Waals surface area contributed by atoms with Crippen molar-refractivity contribution < 1.29 is 33.8 Å². The largest absolute Gasteiger partial charge is 0.480 e. The second-order valence-electron chi connectivity index (χ2n) is 10.9. The van der Waals surface area contributed by atoms with Gasteiger partial charge in [0.25, 0.3) is 0 Å². The molecule has 1 unspecified atom stereocenters. The van der Waals surface area contributed by atoms with E-state index < -0.39 is 47.2 Å². The predicted octanol–water partition coefficient (Wildman–Crippen LogP) is 3.80. The summed E-state index contributed by atoms with van der Waals surface area (Å²) in [6.45, 7) is 5.30. The van der Waals surface area contributed by atoms with Gasteiger partial charge < -0.3 is 24.8 Å². The summed E-state index contributed by atoms with van der Waals surface area (Å²) in [6, 6.07) is 4.44. The van der Waals surface area contributed by atoms with Crippen molar-refractivity contribution in [2.24, 2.45) is 5.41 Å². The number of carbonyl (C=O) groups is 4. The molecular formula is C25H32ClN3O7. The lowest BCUT2D eigenvalue weighted by atomic mass is 9.85. The third-order valence-corrected chi connectivity index (χ3v) is 7.24. The number of benzene rings is 1. The molecule has 2 aliphatic heterocycles. The molecule has 196 valence electrons. The summed E-state index contributed by atoms with van der Waals surface area (Å²) in [6.07, 6.45) is 1.95. The van der Waals surface area contributed by atoms with Crippen molar-refractivity contribution in [1.82, 2.24) is 10.2 Å². The average molecular weight is 522 g/mol. The molecule has 3 amide bonds. The molecule has 2 N–H and O–H groups in total. The molecule has 10 nitrogen and oxygen atoms in total. The maximum absolute atomic E-state index is 13.7. The topological polar surface area (TPSA) is 125 Å². The smallest absolute Gasteiger partial charge is 0.415 e. The van der Waals surface area contributed by atoms with E-state index in [1.54, 1.807) is 45.0 Å². The quantitative estimate of drug-likeness (QED) is 0.603. The number of aliphatic carboxylic acids is 1. The molecule has 1 saturated carbocycles. The highest BCUT2D eigenvalue weighted by Gasteiger charge is 2.58. The van der Waals surface area contributed by atoms with E-state index >= 15 is 0 Å². The zero-order chi connectivity index (χ0) is 26.3. The zero-order valence-corrected chi connectivity index (χ0v) is 21.4. The van der Waals surface area contributed by atoms with Crippen LogP contribution >= 0.6 is 11.6 Å². The Morgan fingerprint density at radius 1 is 1.22 bits per heavy atom. The molecule has 4 rings (SSSR count). The van der Waals surface area contributed by atoms with Gasteiger partial charge in [0.15, 0.2) is 5.60 Å². The first-order chi connectivity index (χ1) is 16.9. The summed E-state index contributed by atoms with van der Waals surface area (Å²) in [7, 11) is 0. The van der Waals surface area contributed by atoms with Gasteiger partial charge in [-0.15, -0.1) is 0 Å². The lowest BCUT2D eigenvalue weighted by molar-refractivity contribution is -0.150. The minimum absolute atomic E-state index is 0.0665. The number of nitrogens with zero attached hydrogens (tertiary/aromatic N) is 2. The summed E-state index contributed by atoms with van der Waals surface area (Å²) >= 11 is 6.07. The Balaban J connectivity index is 1.54. The van der Waals surface area contributed by atoms with Crippen LogP contribution in [0.1, 0.15) is 52.9 Å². The molecule has 2 saturated heterocycles. The number of ether oxygens (including phenoxy) is 2. The lowest BCUT2D eigenvalue weighted by Crippen LogP contribution is -2.57. The van der Waals surface area contributed by atoms with Gasteiger partial charge in [-0.3, -0.25) is 9.69 Å². The van der Waals surface area contributed by atoms with Crippen molar-refractivity contribution in [3.8, 4) is 0 Å². The van der Waals surface area contributed by atoms with E-state index in [0.29, 0.717) is 10.7 Å². The number of hydrogen-bond donors (Lipinski definition) is 2. The van der Waals surface area contributed by atoms with E-state index in [1.807, 2.05) is 0 Å². The summed E-state index contributed by atoms with van der Waals surface area (Å²) < 4.78 is 11.2. The van der Waals surface area contributed by atoms with Crippen LogP contribution < -0.4 is 10.2 Å². The first-order valence-electron chi connectivity index (χ1n) is 12.2. The van der Waals surface area contributed by atoms with Crippen LogP contribution in [0.3, 0.4) is 0 Å². The molecule has 1 aromatic carbocycles. The fourth-order valence-corrected chi connectivity index (χ4v) is 5.36. The minimum Gasteiger partial charge on any atom is -0.480 e. The Hall–Kier alpha value is -3.01. The Morgan fingerprint density at radius 3 is 2.53 bits per heavy atom. The molecule has 3 atom stereocenters. The number of amides is 3. The highest BCUT2D eigenvalue weighted by Crippen LogP contribution is 2.39. The molecule has 36 heavy (non-hydrogen) atoms. The summed E-state index contributed by atoms with van der Waals surface area (Å²) in [5.41, 5.74) is -1.42. The number of anilines is 1. The molecule has 1 aromatic rings. The standard InChI is InChI=1S/C25H32ClN3O7/c1-24(2,3)19(27-22(33)35-17-9-4-5-10-17)20(30)29-14-25(12-18(29)21(31)32)13-28(23(34)36-25)16-8-6-7-15(26)11-16/h6-8,11,17-19H,4-5,9-10,12-14H2,1-3H3,(H,27,33)(H,31,32)/t18-,19?,25+/m0/s1. The summed E-state index contributed by atoms with van der Waals surface area (Å²) in [5.74, 6) is -1.77. The van der Waals surface area contributed by atoms with Crippen molar-refractivity contribution in [1.29, 1.82) is 0 Å². The van der Waals surface area contributed by atoms with Crippen LogP contribution in [0.15, 0.2) is 24.3 Å². The lowest BCUT2D eigenvalue weighted by Gasteiger charge is -2.35. The summed E-state index contributed by atoms with van der Waals surface area (Å²) in [4.78, 5) is 53.8. The van der Waals surface area contributed by atoms with Gasteiger partial charge in [-0.1, -0.05) is 38.4 Å². The van der Waals surface area contributed by atoms with Gasteiger partial charge in [-0.05, 0) is 49.3 Å². The third kappa shape index (κ3) is 5.38. The normalized spacial score (nSPS) is 25.2. The summed E-state index contributed by atoms with van der Waals surface area (Å²) in [5, 5.41) is 13.1.